The largest absolute Gasteiger partial charge is 0.461 e. The molecule has 0 aliphatic carbocycles. The van der Waals surface area contributed by atoms with Crippen molar-refractivity contribution < 1.29 is 9.53 Å². The second kappa shape index (κ2) is 7.38. The van der Waals surface area contributed by atoms with Gasteiger partial charge in [0.1, 0.15) is 0 Å². The van der Waals surface area contributed by atoms with E-state index in [0.717, 1.165) is 22.2 Å². The normalized spacial score (nSPS) is 11.2. The van der Waals surface area contributed by atoms with Crippen LogP contribution in [0.2, 0.25) is 5.02 Å². The molecule has 26 heavy (non-hydrogen) atoms. The van der Waals surface area contributed by atoms with E-state index in [1.807, 2.05) is 35.9 Å². The van der Waals surface area contributed by atoms with Gasteiger partial charge in [-0.3, -0.25) is 4.98 Å². The first-order chi connectivity index (χ1) is 12.4. The number of benzene rings is 1. The molecule has 0 amide bonds. The van der Waals surface area contributed by atoms with Gasteiger partial charge in [-0.05, 0) is 36.6 Å². The van der Waals surface area contributed by atoms with Crippen LogP contribution in [0.5, 0.6) is 0 Å². The van der Waals surface area contributed by atoms with Crippen molar-refractivity contribution in [2.45, 2.75) is 26.7 Å². The first-order valence-corrected chi connectivity index (χ1v) is 8.97. The SMILES string of the molecule is CCOC(=O)c1c(Nc2ccc(C(C)C)cc2Cl)c2cnccc2n1C. The molecule has 136 valence electrons. The molecule has 6 heteroatoms. The molecule has 0 bridgehead atoms. The van der Waals surface area contributed by atoms with Crippen LogP contribution in [0.1, 0.15) is 42.7 Å². The minimum Gasteiger partial charge on any atom is -0.461 e. The van der Waals surface area contributed by atoms with Crippen molar-refractivity contribution in [3.05, 3.63) is 52.9 Å². The molecule has 0 aliphatic rings. The van der Waals surface area contributed by atoms with Gasteiger partial charge in [-0.15, -0.1) is 0 Å². The molecule has 0 atom stereocenters. The lowest BCUT2D eigenvalue weighted by atomic mass is 10.0. The average molecular weight is 372 g/mol. The summed E-state index contributed by atoms with van der Waals surface area (Å²) in [6.45, 7) is 6.33. The lowest BCUT2D eigenvalue weighted by Crippen LogP contribution is -2.12. The second-order valence-electron chi connectivity index (χ2n) is 6.41. The maximum atomic E-state index is 12.5. The van der Waals surface area contributed by atoms with Gasteiger partial charge in [0.05, 0.1) is 28.5 Å². The van der Waals surface area contributed by atoms with Gasteiger partial charge in [-0.2, -0.15) is 0 Å². The molecule has 0 radical (unpaired) electrons. The first-order valence-electron chi connectivity index (χ1n) is 8.60. The molecule has 0 saturated heterocycles. The number of hydrogen-bond donors (Lipinski definition) is 1. The summed E-state index contributed by atoms with van der Waals surface area (Å²) < 4.78 is 7.06. The number of carbonyl (C=O) groups excluding carboxylic acids is 1. The van der Waals surface area contributed by atoms with Crippen molar-refractivity contribution in [2.75, 3.05) is 11.9 Å². The second-order valence-corrected chi connectivity index (χ2v) is 6.82. The van der Waals surface area contributed by atoms with E-state index in [9.17, 15) is 4.79 Å². The number of aromatic nitrogens is 2. The van der Waals surface area contributed by atoms with Crippen molar-refractivity contribution in [1.29, 1.82) is 0 Å². The monoisotopic (exact) mass is 371 g/mol. The van der Waals surface area contributed by atoms with E-state index in [1.54, 1.807) is 19.3 Å². The minimum atomic E-state index is -0.386. The fourth-order valence-electron chi connectivity index (χ4n) is 2.98. The number of anilines is 2. The van der Waals surface area contributed by atoms with Crippen molar-refractivity contribution in [2.24, 2.45) is 7.05 Å². The third kappa shape index (κ3) is 3.27. The average Bonchev–Trinajstić information content (AvgIpc) is 2.89. The van der Waals surface area contributed by atoms with Crippen LogP contribution in [0, 0.1) is 0 Å². The number of nitrogens with zero attached hydrogens (tertiary/aromatic N) is 2. The molecule has 1 aromatic carbocycles. The van der Waals surface area contributed by atoms with Crippen LogP contribution < -0.4 is 5.32 Å². The molecule has 3 rings (SSSR count). The number of aryl methyl sites for hydroxylation is 1. The van der Waals surface area contributed by atoms with E-state index in [-0.39, 0.29) is 5.97 Å². The third-order valence-corrected chi connectivity index (χ3v) is 4.70. The van der Waals surface area contributed by atoms with E-state index in [2.05, 4.69) is 24.1 Å². The van der Waals surface area contributed by atoms with Gasteiger partial charge in [0, 0.05) is 24.8 Å². The smallest absolute Gasteiger partial charge is 0.357 e. The molecule has 0 unspecified atom stereocenters. The number of fused-ring (bicyclic) bond motifs is 1. The van der Waals surface area contributed by atoms with E-state index >= 15 is 0 Å². The third-order valence-electron chi connectivity index (χ3n) is 4.39. The van der Waals surface area contributed by atoms with Gasteiger partial charge in [-0.1, -0.05) is 31.5 Å². The van der Waals surface area contributed by atoms with Crippen LogP contribution in [0.25, 0.3) is 10.9 Å². The van der Waals surface area contributed by atoms with Crippen molar-refractivity contribution in [3.63, 3.8) is 0 Å². The van der Waals surface area contributed by atoms with Crippen molar-refractivity contribution >= 4 is 39.8 Å². The van der Waals surface area contributed by atoms with Gasteiger partial charge in [-0.25, -0.2) is 4.79 Å². The number of hydrogen-bond acceptors (Lipinski definition) is 4. The molecule has 0 spiro atoms. The predicted octanol–water partition coefficient (Wildman–Crippen LogP) is 5.27. The Bertz CT molecular complexity index is 963. The maximum Gasteiger partial charge on any atom is 0.357 e. The topological polar surface area (TPSA) is 56.1 Å². The Morgan fingerprint density at radius 2 is 2.12 bits per heavy atom. The summed E-state index contributed by atoms with van der Waals surface area (Å²) >= 11 is 6.47. The van der Waals surface area contributed by atoms with Crippen LogP contribution in [-0.2, 0) is 11.8 Å². The molecular weight excluding hydrogens is 350 g/mol. The molecule has 0 aliphatic heterocycles. The molecule has 0 fully saturated rings. The van der Waals surface area contributed by atoms with Gasteiger partial charge >= 0.3 is 5.97 Å². The number of esters is 1. The molecule has 0 saturated carbocycles. The molecule has 2 heterocycles. The van der Waals surface area contributed by atoms with E-state index in [1.165, 1.54) is 0 Å². The Labute approximate surface area is 157 Å². The summed E-state index contributed by atoms with van der Waals surface area (Å²) in [4.78, 5) is 16.7. The lowest BCUT2D eigenvalue weighted by molar-refractivity contribution is 0.0517. The number of carbonyl (C=O) groups is 1. The van der Waals surface area contributed by atoms with Gasteiger partial charge in [0.25, 0.3) is 0 Å². The molecule has 3 aromatic rings. The fourth-order valence-corrected chi connectivity index (χ4v) is 3.22. The van der Waals surface area contributed by atoms with Crippen LogP contribution in [-0.4, -0.2) is 22.1 Å². The van der Waals surface area contributed by atoms with Gasteiger partial charge in [0.2, 0.25) is 0 Å². The zero-order chi connectivity index (χ0) is 18.8. The highest BCUT2D eigenvalue weighted by atomic mass is 35.5. The van der Waals surface area contributed by atoms with E-state index in [4.69, 9.17) is 16.3 Å². The molecular formula is C20H22ClN3O2. The van der Waals surface area contributed by atoms with Crippen LogP contribution >= 0.6 is 11.6 Å². The zero-order valence-corrected chi connectivity index (χ0v) is 16.1. The zero-order valence-electron chi connectivity index (χ0n) is 15.3. The highest BCUT2D eigenvalue weighted by Gasteiger charge is 2.23. The number of nitrogens with one attached hydrogen (secondary N) is 1. The number of pyridine rings is 1. The Kier molecular flexibility index (Phi) is 5.18. The number of ether oxygens (including phenoxy) is 1. The van der Waals surface area contributed by atoms with Crippen LogP contribution in [0.15, 0.2) is 36.7 Å². The lowest BCUT2D eigenvalue weighted by Gasteiger charge is -2.13. The summed E-state index contributed by atoms with van der Waals surface area (Å²) in [6.07, 6.45) is 3.43. The Hall–Kier alpha value is -2.53. The summed E-state index contributed by atoms with van der Waals surface area (Å²) in [5.41, 5.74) is 3.87. The highest BCUT2D eigenvalue weighted by molar-refractivity contribution is 6.33. The molecule has 1 N–H and O–H groups in total. The highest BCUT2D eigenvalue weighted by Crippen LogP contribution is 2.35. The number of rotatable bonds is 5. The van der Waals surface area contributed by atoms with Crippen molar-refractivity contribution in [1.82, 2.24) is 9.55 Å². The van der Waals surface area contributed by atoms with E-state index < -0.39 is 0 Å². The fraction of sp³-hybridized carbons (Fsp3) is 0.300. The number of halogens is 1. The summed E-state index contributed by atoms with van der Waals surface area (Å²) in [6, 6.07) is 7.78. The van der Waals surface area contributed by atoms with Gasteiger partial charge < -0.3 is 14.6 Å². The standard InChI is InChI=1S/C20H22ClN3O2/c1-5-26-20(25)19-18(14-11-22-9-8-17(14)24(19)4)23-16-7-6-13(12(2)3)10-15(16)21/h6-12,23H,5H2,1-4H3. The summed E-state index contributed by atoms with van der Waals surface area (Å²) in [5, 5.41) is 4.76. The summed E-state index contributed by atoms with van der Waals surface area (Å²) in [5.74, 6) is 0.00187. The van der Waals surface area contributed by atoms with Gasteiger partial charge in [0.15, 0.2) is 5.69 Å². The summed E-state index contributed by atoms with van der Waals surface area (Å²) in [7, 11) is 1.84. The maximum absolute atomic E-state index is 12.5. The first kappa shape index (κ1) is 18.3. The minimum absolute atomic E-state index is 0.307. The Balaban J connectivity index is 2.12. The predicted molar refractivity (Wildman–Crippen MR) is 105 cm³/mol. The molecule has 2 aromatic heterocycles. The van der Waals surface area contributed by atoms with Crippen LogP contribution in [0.3, 0.4) is 0 Å². The van der Waals surface area contributed by atoms with Crippen LogP contribution in [0.4, 0.5) is 11.4 Å². The quantitative estimate of drug-likeness (QED) is 0.620. The molecule has 5 nitrogen and oxygen atoms in total. The van der Waals surface area contributed by atoms with E-state index in [0.29, 0.717) is 28.9 Å². The Morgan fingerprint density at radius 1 is 1.35 bits per heavy atom. The van der Waals surface area contributed by atoms with Crippen molar-refractivity contribution in [3.8, 4) is 0 Å². The Morgan fingerprint density at radius 3 is 2.77 bits per heavy atom.